The third-order valence-electron chi connectivity index (χ3n) is 4.99. The molecule has 0 aliphatic rings. The predicted octanol–water partition coefficient (Wildman–Crippen LogP) is 5.42. The van der Waals surface area contributed by atoms with E-state index in [4.69, 9.17) is 30.5 Å². The van der Waals surface area contributed by atoms with Crippen LogP contribution in [0, 0.1) is 5.82 Å². The molecule has 0 spiro atoms. The van der Waals surface area contributed by atoms with E-state index in [1.165, 1.54) is 6.07 Å². The first kappa shape index (κ1) is 23.7. The molecular weight excluding hydrogens is 433 g/mol. The fourth-order valence-electron chi connectivity index (χ4n) is 3.28. The van der Waals surface area contributed by atoms with Crippen LogP contribution < -0.4 is 24.3 Å². The Morgan fingerprint density at radius 3 is 2.28 bits per heavy atom. The number of methoxy groups -OCH3 is 3. The molecule has 32 heavy (non-hydrogen) atoms. The van der Waals surface area contributed by atoms with Gasteiger partial charge in [0.1, 0.15) is 12.4 Å². The van der Waals surface area contributed by atoms with Crippen LogP contribution in [0.25, 0.3) is 0 Å². The Kier molecular flexibility index (Phi) is 8.59. The summed E-state index contributed by atoms with van der Waals surface area (Å²) in [6.07, 6.45) is 0.828. The molecule has 0 heterocycles. The lowest BCUT2D eigenvalue weighted by molar-refractivity contribution is 0.279. The molecule has 0 radical (unpaired) electrons. The minimum atomic E-state index is -0.321. The Morgan fingerprint density at radius 1 is 0.844 bits per heavy atom. The number of rotatable bonds is 11. The topological polar surface area (TPSA) is 49.0 Å². The van der Waals surface area contributed by atoms with Crippen molar-refractivity contribution in [3.8, 4) is 23.0 Å². The van der Waals surface area contributed by atoms with E-state index in [1.54, 1.807) is 39.5 Å². The summed E-state index contributed by atoms with van der Waals surface area (Å²) < 4.78 is 35.7. The molecule has 0 saturated carbocycles. The third-order valence-corrected chi connectivity index (χ3v) is 5.27. The van der Waals surface area contributed by atoms with Gasteiger partial charge in [-0.05, 0) is 54.4 Å². The SMILES string of the molecule is COc1ccc(CCNCc2cc(Cl)c(OCc3ccccc3F)c(OC)c2)cc1OC. The van der Waals surface area contributed by atoms with E-state index >= 15 is 0 Å². The quantitative estimate of drug-likeness (QED) is 0.388. The molecule has 3 aromatic rings. The second-order valence-electron chi connectivity index (χ2n) is 7.11. The lowest BCUT2D eigenvalue weighted by Crippen LogP contribution is -2.17. The maximum absolute atomic E-state index is 13.8. The molecule has 0 atom stereocenters. The van der Waals surface area contributed by atoms with Crippen molar-refractivity contribution in [2.75, 3.05) is 27.9 Å². The van der Waals surface area contributed by atoms with E-state index in [9.17, 15) is 4.39 Å². The van der Waals surface area contributed by atoms with Crippen LogP contribution in [0.2, 0.25) is 5.02 Å². The van der Waals surface area contributed by atoms with Crippen molar-refractivity contribution < 1.29 is 23.3 Å². The molecule has 0 aliphatic carbocycles. The molecule has 0 unspecified atom stereocenters. The van der Waals surface area contributed by atoms with Crippen LogP contribution in [0.1, 0.15) is 16.7 Å². The minimum absolute atomic E-state index is 0.0612. The second kappa shape index (κ2) is 11.6. The molecule has 3 aromatic carbocycles. The summed E-state index contributed by atoms with van der Waals surface area (Å²) in [7, 11) is 4.80. The fraction of sp³-hybridized carbons (Fsp3) is 0.280. The van der Waals surface area contributed by atoms with E-state index in [0.29, 0.717) is 40.1 Å². The Balaban J connectivity index is 1.58. The summed E-state index contributed by atoms with van der Waals surface area (Å²) in [4.78, 5) is 0. The molecule has 0 aromatic heterocycles. The van der Waals surface area contributed by atoms with Crippen molar-refractivity contribution in [1.82, 2.24) is 5.32 Å². The molecule has 7 heteroatoms. The number of nitrogens with one attached hydrogen (secondary N) is 1. The van der Waals surface area contributed by atoms with Crippen LogP contribution in [0.5, 0.6) is 23.0 Å². The Morgan fingerprint density at radius 2 is 1.56 bits per heavy atom. The molecule has 0 bridgehead atoms. The molecule has 3 rings (SSSR count). The zero-order valence-electron chi connectivity index (χ0n) is 18.4. The van der Waals surface area contributed by atoms with Crippen molar-refractivity contribution in [3.05, 3.63) is 82.1 Å². The first-order chi connectivity index (χ1) is 15.5. The van der Waals surface area contributed by atoms with Gasteiger partial charge >= 0.3 is 0 Å². The van der Waals surface area contributed by atoms with Gasteiger partial charge in [0.15, 0.2) is 23.0 Å². The molecular formula is C25H27ClFNO4. The minimum Gasteiger partial charge on any atom is -0.493 e. The van der Waals surface area contributed by atoms with Crippen molar-refractivity contribution in [2.45, 2.75) is 19.6 Å². The van der Waals surface area contributed by atoms with Crippen molar-refractivity contribution in [3.63, 3.8) is 0 Å². The van der Waals surface area contributed by atoms with E-state index in [-0.39, 0.29) is 12.4 Å². The number of hydrogen-bond donors (Lipinski definition) is 1. The number of benzene rings is 3. The van der Waals surface area contributed by atoms with Gasteiger partial charge in [-0.25, -0.2) is 4.39 Å². The molecule has 5 nitrogen and oxygen atoms in total. The van der Waals surface area contributed by atoms with Crippen LogP contribution in [0.4, 0.5) is 4.39 Å². The van der Waals surface area contributed by atoms with Gasteiger partial charge in [-0.2, -0.15) is 0 Å². The lowest BCUT2D eigenvalue weighted by Gasteiger charge is -2.15. The normalized spacial score (nSPS) is 10.7. The number of halogens is 2. The van der Waals surface area contributed by atoms with Crippen LogP contribution in [0.3, 0.4) is 0 Å². The van der Waals surface area contributed by atoms with Crippen molar-refractivity contribution in [2.24, 2.45) is 0 Å². The zero-order chi connectivity index (χ0) is 22.9. The van der Waals surface area contributed by atoms with E-state index in [0.717, 1.165) is 24.1 Å². The summed E-state index contributed by atoms with van der Waals surface area (Å²) in [6.45, 7) is 1.43. The number of hydrogen-bond acceptors (Lipinski definition) is 5. The van der Waals surface area contributed by atoms with Crippen molar-refractivity contribution in [1.29, 1.82) is 0 Å². The smallest absolute Gasteiger partial charge is 0.180 e. The van der Waals surface area contributed by atoms with Gasteiger partial charge in [0, 0.05) is 12.1 Å². The van der Waals surface area contributed by atoms with Crippen LogP contribution in [0.15, 0.2) is 54.6 Å². The highest BCUT2D eigenvalue weighted by Gasteiger charge is 2.13. The maximum Gasteiger partial charge on any atom is 0.180 e. The first-order valence-corrected chi connectivity index (χ1v) is 10.6. The molecule has 0 saturated heterocycles. The number of ether oxygens (including phenoxy) is 4. The summed E-state index contributed by atoms with van der Waals surface area (Å²) in [5.41, 5.74) is 2.55. The van der Waals surface area contributed by atoms with E-state index in [1.807, 2.05) is 30.3 Å². The predicted molar refractivity (Wildman–Crippen MR) is 124 cm³/mol. The van der Waals surface area contributed by atoms with E-state index < -0.39 is 0 Å². The average molecular weight is 460 g/mol. The highest BCUT2D eigenvalue weighted by atomic mass is 35.5. The monoisotopic (exact) mass is 459 g/mol. The van der Waals surface area contributed by atoms with Gasteiger partial charge in [0.05, 0.1) is 26.4 Å². The second-order valence-corrected chi connectivity index (χ2v) is 7.51. The van der Waals surface area contributed by atoms with Gasteiger partial charge in [0.2, 0.25) is 0 Å². The zero-order valence-corrected chi connectivity index (χ0v) is 19.2. The van der Waals surface area contributed by atoms with Crippen LogP contribution >= 0.6 is 11.6 Å². The highest BCUT2D eigenvalue weighted by Crippen LogP contribution is 2.37. The van der Waals surface area contributed by atoms with Gasteiger partial charge in [-0.1, -0.05) is 35.9 Å². The van der Waals surface area contributed by atoms with Gasteiger partial charge in [0.25, 0.3) is 0 Å². The fourth-order valence-corrected chi connectivity index (χ4v) is 3.57. The van der Waals surface area contributed by atoms with Crippen LogP contribution in [-0.4, -0.2) is 27.9 Å². The molecule has 0 aliphatic heterocycles. The van der Waals surface area contributed by atoms with E-state index in [2.05, 4.69) is 5.32 Å². The van der Waals surface area contributed by atoms with Crippen LogP contribution in [-0.2, 0) is 19.6 Å². The van der Waals surface area contributed by atoms with Gasteiger partial charge < -0.3 is 24.3 Å². The Labute approximate surface area is 193 Å². The lowest BCUT2D eigenvalue weighted by atomic mass is 10.1. The van der Waals surface area contributed by atoms with Gasteiger partial charge in [-0.3, -0.25) is 0 Å². The first-order valence-electron chi connectivity index (χ1n) is 10.2. The molecule has 170 valence electrons. The summed E-state index contributed by atoms with van der Waals surface area (Å²) in [5, 5.41) is 3.82. The third kappa shape index (κ3) is 6.05. The molecule has 0 fully saturated rings. The maximum atomic E-state index is 13.8. The standard InChI is InChI=1S/C25H27ClFNO4/c1-29-22-9-8-17(13-23(22)30-2)10-11-28-15-18-12-20(26)25(24(14-18)31-3)32-16-19-6-4-5-7-21(19)27/h4-9,12-14,28H,10-11,15-16H2,1-3H3. The average Bonchev–Trinajstić information content (AvgIpc) is 2.81. The van der Waals surface area contributed by atoms with Crippen molar-refractivity contribution >= 4 is 11.6 Å². The summed E-state index contributed by atoms with van der Waals surface area (Å²) in [6, 6.07) is 16.1. The Bertz CT molecular complexity index is 1040. The molecule has 1 N–H and O–H groups in total. The largest absolute Gasteiger partial charge is 0.493 e. The Hall–Kier alpha value is -2.96. The summed E-state index contributed by atoms with van der Waals surface area (Å²) >= 11 is 6.44. The van der Waals surface area contributed by atoms with Gasteiger partial charge in [-0.15, -0.1) is 0 Å². The highest BCUT2D eigenvalue weighted by molar-refractivity contribution is 6.32. The molecule has 0 amide bonds. The summed E-state index contributed by atoms with van der Waals surface area (Å²) in [5.74, 6) is 2.01.